The van der Waals surface area contributed by atoms with Crippen LogP contribution in [0.15, 0.2) is 30.3 Å². The average molecular weight is 532 g/mol. The van der Waals surface area contributed by atoms with E-state index in [0.717, 1.165) is 5.69 Å². The molecule has 0 N–H and O–H groups in total. The van der Waals surface area contributed by atoms with E-state index in [9.17, 15) is 17.6 Å². The normalized spacial score (nSPS) is 19.6. The lowest BCUT2D eigenvalue weighted by atomic mass is 9.95. The Bertz CT molecular complexity index is 1400. The Labute approximate surface area is 215 Å². The molecule has 2 aliphatic heterocycles. The molecule has 0 spiro atoms. The number of anilines is 1. The summed E-state index contributed by atoms with van der Waals surface area (Å²) in [6.45, 7) is 1.36. The molecule has 12 heteroatoms. The molecule has 3 aromatic rings. The second kappa shape index (κ2) is 8.67. The number of rotatable bonds is 3. The van der Waals surface area contributed by atoms with Gasteiger partial charge in [-0.25, -0.2) is 9.37 Å². The van der Waals surface area contributed by atoms with E-state index in [1.54, 1.807) is 24.3 Å². The van der Waals surface area contributed by atoms with E-state index in [0.29, 0.717) is 54.0 Å². The molecule has 37 heavy (non-hydrogen) atoms. The van der Waals surface area contributed by atoms with Gasteiger partial charge in [-0.2, -0.15) is 18.4 Å². The summed E-state index contributed by atoms with van der Waals surface area (Å²) < 4.78 is 57.7. The Morgan fingerprint density at radius 2 is 1.81 bits per heavy atom. The zero-order valence-electron chi connectivity index (χ0n) is 19.6. The Morgan fingerprint density at radius 3 is 2.49 bits per heavy atom. The first-order valence-electron chi connectivity index (χ1n) is 12.1. The molecule has 0 amide bonds. The molecule has 1 saturated heterocycles. The number of nitriles is 1. The molecule has 0 atom stereocenters. The van der Waals surface area contributed by atoms with Crippen molar-refractivity contribution in [2.24, 2.45) is 0 Å². The third-order valence-electron chi connectivity index (χ3n) is 7.71. The summed E-state index contributed by atoms with van der Waals surface area (Å²) >= 11 is 6.26. The number of piperidine rings is 1. The topological polar surface area (TPSA) is 73.9 Å². The van der Waals surface area contributed by atoms with Crippen molar-refractivity contribution >= 4 is 17.4 Å². The summed E-state index contributed by atoms with van der Waals surface area (Å²) in [6.07, 6.45) is -2.82. The number of benzene rings is 1. The van der Waals surface area contributed by atoms with Crippen molar-refractivity contribution < 1.29 is 17.6 Å². The van der Waals surface area contributed by atoms with Gasteiger partial charge in [0.05, 0.1) is 12.2 Å². The average Bonchev–Trinajstić information content (AvgIpc) is 3.63. The minimum absolute atomic E-state index is 0.0148. The van der Waals surface area contributed by atoms with Crippen LogP contribution in [0, 0.1) is 17.1 Å². The first-order valence-corrected chi connectivity index (χ1v) is 12.4. The Balaban J connectivity index is 1.31. The number of nitrogens with zero attached hydrogens (tertiary/aromatic N) is 7. The predicted molar refractivity (Wildman–Crippen MR) is 127 cm³/mol. The molecule has 0 bridgehead atoms. The minimum Gasteiger partial charge on any atom is -0.357 e. The van der Waals surface area contributed by atoms with Crippen LogP contribution in [0.3, 0.4) is 0 Å². The highest BCUT2D eigenvalue weighted by Crippen LogP contribution is 2.55. The second-order valence-corrected chi connectivity index (χ2v) is 10.3. The van der Waals surface area contributed by atoms with Crippen LogP contribution in [0.25, 0.3) is 5.69 Å². The van der Waals surface area contributed by atoms with E-state index in [-0.39, 0.29) is 37.5 Å². The lowest BCUT2D eigenvalue weighted by Crippen LogP contribution is -2.47. The molecule has 1 saturated carbocycles. The molecule has 2 aromatic heterocycles. The summed E-state index contributed by atoms with van der Waals surface area (Å²) in [4.78, 5) is 7.59. The maximum absolute atomic E-state index is 14.0. The standard InChI is InChI=1S/C25H22ClF4N7/c26-17-1-3-20-16(11-17)13-36(24(7-8-24)25(28,29)30)14-22-33-34-23(37(20)22)15-5-9-35(10-6-15)21-4-2-18(27)19(12-31)32-21/h1-4,11,15H,5-10,13-14H2. The van der Waals surface area contributed by atoms with Gasteiger partial charge in [-0.05, 0) is 61.6 Å². The molecule has 1 aromatic carbocycles. The molecule has 6 rings (SSSR count). The van der Waals surface area contributed by atoms with E-state index in [4.69, 9.17) is 16.9 Å². The number of aromatic nitrogens is 4. The van der Waals surface area contributed by atoms with Crippen molar-refractivity contribution in [3.05, 3.63) is 64.1 Å². The SMILES string of the molecule is N#Cc1nc(N2CCC(c3nnc4n3-c3ccc(Cl)cc3CN(C3(C(F)(F)F)CC3)C4)CC2)ccc1F. The van der Waals surface area contributed by atoms with Gasteiger partial charge < -0.3 is 4.90 Å². The molecule has 192 valence electrons. The molecule has 0 radical (unpaired) electrons. The first kappa shape index (κ1) is 24.1. The number of hydrogen-bond donors (Lipinski definition) is 0. The lowest BCUT2D eigenvalue weighted by molar-refractivity contribution is -0.200. The van der Waals surface area contributed by atoms with Gasteiger partial charge in [-0.3, -0.25) is 9.47 Å². The predicted octanol–water partition coefficient (Wildman–Crippen LogP) is 5.12. The van der Waals surface area contributed by atoms with Gasteiger partial charge >= 0.3 is 6.18 Å². The highest BCUT2D eigenvalue weighted by molar-refractivity contribution is 6.30. The molecule has 2 fully saturated rings. The molecule has 0 unspecified atom stereocenters. The van der Waals surface area contributed by atoms with Crippen LogP contribution in [0.2, 0.25) is 5.02 Å². The third-order valence-corrected chi connectivity index (χ3v) is 7.94. The van der Waals surface area contributed by atoms with Gasteiger partial charge in [0.15, 0.2) is 17.3 Å². The van der Waals surface area contributed by atoms with Crippen LogP contribution < -0.4 is 4.90 Å². The summed E-state index contributed by atoms with van der Waals surface area (Å²) in [5.74, 6) is 1.09. The maximum atomic E-state index is 14.0. The van der Waals surface area contributed by atoms with Crippen LogP contribution in [0.4, 0.5) is 23.4 Å². The highest BCUT2D eigenvalue weighted by atomic mass is 35.5. The fraction of sp³-hybridized carbons (Fsp3) is 0.440. The van der Waals surface area contributed by atoms with Crippen molar-refractivity contribution in [2.45, 2.75) is 56.4 Å². The van der Waals surface area contributed by atoms with E-state index in [2.05, 4.69) is 15.2 Å². The van der Waals surface area contributed by atoms with Crippen molar-refractivity contribution in [1.82, 2.24) is 24.6 Å². The summed E-state index contributed by atoms with van der Waals surface area (Å²) in [6, 6.07) is 9.85. The number of fused-ring (bicyclic) bond motifs is 3. The zero-order chi connectivity index (χ0) is 25.9. The quantitative estimate of drug-likeness (QED) is 0.437. The van der Waals surface area contributed by atoms with Gasteiger partial charge in [0.1, 0.15) is 23.3 Å². The summed E-state index contributed by atoms with van der Waals surface area (Å²) in [5.41, 5.74) is -0.626. The van der Waals surface area contributed by atoms with Gasteiger partial charge in [-0.15, -0.1) is 10.2 Å². The van der Waals surface area contributed by atoms with Crippen molar-refractivity contribution in [3.63, 3.8) is 0 Å². The van der Waals surface area contributed by atoms with Gasteiger partial charge in [0.2, 0.25) is 0 Å². The van der Waals surface area contributed by atoms with Gasteiger partial charge in [-0.1, -0.05) is 11.6 Å². The highest BCUT2D eigenvalue weighted by Gasteiger charge is 2.66. The van der Waals surface area contributed by atoms with Crippen LogP contribution in [-0.2, 0) is 13.1 Å². The van der Waals surface area contributed by atoms with E-state index in [1.807, 2.05) is 15.5 Å². The van der Waals surface area contributed by atoms with Crippen LogP contribution in [0.1, 0.15) is 54.5 Å². The fourth-order valence-corrected chi connectivity index (χ4v) is 5.74. The molecule has 3 aliphatic rings. The van der Waals surface area contributed by atoms with Gasteiger partial charge in [0.25, 0.3) is 0 Å². The third kappa shape index (κ3) is 4.03. The molecule has 7 nitrogen and oxygen atoms in total. The first-order chi connectivity index (χ1) is 17.7. The van der Waals surface area contributed by atoms with Crippen LogP contribution in [0.5, 0.6) is 0 Å². The summed E-state index contributed by atoms with van der Waals surface area (Å²) in [5, 5.41) is 18.4. The molecule has 1 aliphatic carbocycles. The van der Waals surface area contributed by atoms with Gasteiger partial charge in [0, 0.05) is 30.6 Å². The number of pyridine rings is 1. The monoisotopic (exact) mass is 531 g/mol. The summed E-state index contributed by atoms with van der Waals surface area (Å²) in [7, 11) is 0. The van der Waals surface area contributed by atoms with Crippen molar-refractivity contribution in [3.8, 4) is 11.8 Å². The maximum Gasteiger partial charge on any atom is 0.406 e. The van der Waals surface area contributed by atoms with E-state index in [1.165, 1.54) is 11.0 Å². The van der Waals surface area contributed by atoms with E-state index >= 15 is 0 Å². The number of hydrogen-bond acceptors (Lipinski definition) is 6. The Hall–Kier alpha value is -3.23. The largest absolute Gasteiger partial charge is 0.406 e. The number of halogens is 5. The second-order valence-electron chi connectivity index (χ2n) is 9.84. The van der Waals surface area contributed by atoms with E-state index < -0.39 is 17.5 Å². The van der Waals surface area contributed by atoms with Crippen molar-refractivity contribution in [2.75, 3.05) is 18.0 Å². The Morgan fingerprint density at radius 1 is 1.05 bits per heavy atom. The molecule has 4 heterocycles. The fourth-order valence-electron chi connectivity index (χ4n) is 5.54. The molecular weight excluding hydrogens is 510 g/mol. The Kier molecular flexibility index (Phi) is 5.65. The lowest BCUT2D eigenvalue weighted by Gasteiger charge is -2.32. The molecular formula is C25H22ClF4N7. The van der Waals surface area contributed by atoms with Crippen LogP contribution in [-0.4, -0.2) is 49.5 Å². The minimum atomic E-state index is -4.34. The number of alkyl halides is 3. The van der Waals surface area contributed by atoms with Crippen molar-refractivity contribution in [1.29, 1.82) is 5.26 Å². The zero-order valence-corrected chi connectivity index (χ0v) is 20.4. The van der Waals surface area contributed by atoms with Crippen LogP contribution >= 0.6 is 11.6 Å². The smallest absolute Gasteiger partial charge is 0.357 e.